The Morgan fingerprint density at radius 3 is 2.26 bits per heavy atom. The molecule has 0 heterocycles. The van der Waals surface area contributed by atoms with Gasteiger partial charge in [0.1, 0.15) is 12.6 Å². The molecule has 0 aromatic heterocycles. The Bertz CT molecular complexity index is 1490. The average Bonchev–Trinajstić information content (AvgIpc) is 2.99. The summed E-state index contributed by atoms with van der Waals surface area (Å²) in [6.45, 7) is 5.26. The van der Waals surface area contributed by atoms with E-state index < -0.39 is 28.5 Å². The van der Waals surface area contributed by atoms with E-state index in [2.05, 4.69) is 5.32 Å². The molecule has 42 heavy (non-hydrogen) atoms. The van der Waals surface area contributed by atoms with Crippen molar-refractivity contribution in [1.29, 1.82) is 0 Å². The molecule has 1 saturated carbocycles. The summed E-state index contributed by atoms with van der Waals surface area (Å²) < 4.78 is 29.2. The van der Waals surface area contributed by atoms with Crippen molar-refractivity contribution in [2.75, 3.05) is 10.8 Å². The van der Waals surface area contributed by atoms with Gasteiger partial charge in [0, 0.05) is 17.6 Å². The molecule has 3 aromatic carbocycles. The zero-order valence-electron chi connectivity index (χ0n) is 24.6. The van der Waals surface area contributed by atoms with Crippen LogP contribution in [-0.4, -0.2) is 43.8 Å². The molecular weight excluding hydrogens is 570 g/mol. The lowest BCUT2D eigenvalue weighted by Crippen LogP contribution is -2.54. The van der Waals surface area contributed by atoms with Crippen molar-refractivity contribution in [2.24, 2.45) is 0 Å². The second kappa shape index (κ2) is 14.2. The summed E-state index contributed by atoms with van der Waals surface area (Å²) in [5, 5.41) is 3.57. The Morgan fingerprint density at radius 2 is 1.60 bits per heavy atom. The molecule has 7 nitrogen and oxygen atoms in total. The first kappa shape index (κ1) is 31.6. The van der Waals surface area contributed by atoms with Crippen LogP contribution in [0.25, 0.3) is 0 Å². The molecule has 1 aliphatic carbocycles. The third kappa shape index (κ3) is 7.34. The van der Waals surface area contributed by atoms with Gasteiger partial charge in [-0.2, -0.15) is 0 Å². The first-order valence-electron chi connectivity index (χ1n) is 14.6. The number of carbonyl (C=O) groups is 2. The maximum atomic E-state index is 14.3. The highest BCUT2D eigenvalue weighted by Crippen LogP contribution is 2.31. The van der Waals surface area contributed by atoms with E-state index >= 15 is 0 Å². The highest BCUT2D eigenvalue weighted by Gasteiger charge is 2.35. The van der Waals surface area contributed by atoms with E-state index in [1.807, 2.05) is 38.1 Å². The summed E-state index contributed by atoms with van der Waals surface area (Å²) in [6.07, 6.45) is 5.53. The highest BCUT2D eigenvalue weighted by molar-refractivity contribution is 7.92. The lowest BCUT2D eigenvalue weighted by atomic mass is 9.95. The molecule has 1 atom stereocenters. The van der Waals surface area contributed by atoms with Gasteiger partial charge in [-0.15, -0.1) is 0 Å². The maximum absolute atomic E-state index is 14.3. The Kier molecular flexibility index (Phi) is 10.7. The fraction of sp³-hybridized carbons (Fsp3) is 0.394. The third-order valence-electron chi connectivity index (χ3n) is 8.06. The van der Waals surface area contributed by atoms with Gasteiger partial charge < -0.3 is 10.2 Å². The standard InChI is InChI=1S/C33H40ClN3O4S/c1-4-30(33(39)35-27-16-7-5-8-17-27)36(22-26-15-12-11-14-24(26)2)32(38)23-37(31-21-13-20-29(34)25(31)3)42(40,41)28-18-9-6-10-19-28/h6,9-15,18-21,27,30H,4-5,7-8,16-17,22-23H2,1-3H3,(H,35,39)/t30-/m0/s1. The Hall–Kier alpha value is -3.36. The summed E-state index contributed by atoms with van der Waals surface area (Å²) in [4.78, 5) is 29.6. The molecule has 0 spiro atoms. The van der Waals surface area contributed by atoms with Crippen molar-refractivity contribution >= 4 is 39.1 Å². The van der Waals surface area contributed by atoms with Crippen LogP contribution in [0, 0.1) is 13.8 Å². The zero-order valence-corrected chi connectivity index (χ0v) is 26.1. The maximum Gasteiger partial charge on any atom is 0.264 e. The molecule has 224 valence electrons. The summed E-state index contributed by atoms with van der Waals surface area (Å²) in [7, 11) is -4.15. The van der Waals surface area contributed by atoms with Crippen molar-refractivity contribution in [3.8, 4) is 0 Å². The first-order chi connectivity index (χ1) is 20.1. The van der Waals surface area contributed by atoms with Crippen LogP contribution >= 0.6 is 11.6 Å². The second-order valence-electron chi connectivity index (χ2n) is 10.9. The molecule has 0 bridgehead atoms. The summed E-state index contributed by atoms with van der Waals surface area (Å²) in [5.41, 5.74) is 2.73. The van der Waals surface area contributed by atoms with E-state index in [1.165, 1.54) is 17.0 Å². The van der Waals surface area contributed by atoms with Crippen LogP contribution in [-0.2, 0) is 26.2 Å². The van der Waals surface area contributed by atoms with Crippen LogP contribution in [0.1, 0.15) is 62.1 Å². The van der Waals surface area contributed by atoms with Crippen LogP contribution in [0.3, 0.4) is 0 Å². The molecule has 1 N–H and O–H groups in total. The smallest absolute Gasteiger partial charge is 0.264 e. The van der Waals surface area contributed by atoms with E-state index in [4.69, 9.17) is 11.6 Å². The molecule has 0 unspecified atom stereocenters. The van der Waals surface area contributed by atoms with Crippen molar-refractivity contribution in [1.82, 2.24) is 10.2 Å². The van der Waals surface area contributed by atoms with Crippen LogP contribution in [0.15, 0.2) is 77.7 Å². The Labute approximate surface area is 254 Å². The van der Waals surface area contributed by atoms with Gasteiger partial charge in [-0.1, -0.05) is 86.3 Å². The predicted octanol–water partition coefficient (Wildman–Crippen LogP) is 6.41. The van der Waals surface area contributed by atoms with Crippen LogP contribution in [0.4, 0.5) is 5.69 Å². The fourth-order valence-electron chi connectivity index (χ4n) is 5.53. The molecule has 4 rings (SSSR count). The van der Waals surface area contributed by atoms with Gasteiger partial charge in [0.05, 0.1) is 10.6 Å². The molecule has 0 saturated heterocycles. The van der Waals surface area contributed by atoms with Gasteiger partial charge in [-0.3, -0.25) is 13.9 Å². The largest absolute Gasteiger partial charge is 0.352 e. The number of amides is 2. The van der Waals surface area contributed by atoms with Gasteiger partial charge in [-0.25, -0.2) is 8.42 Å². The normalized spacial score (nSPS) is 14.7. The number of anilines is 1. The number of hydrogen-bond acceptors (Lipinski definition) is 4. The van der Waals surface area contributed by atoms with Gasteiger partial charge in [0.2, 0.25) is 11.8 Å². The van der Waals surface area contributed by atoms with Crippen molar-refractivity contribution < 1.29 is 18.0 Å². The lowest BCUT2D eigenvalue weighted by Gasteiger charge is -2.35. The molecule has 0 radical (unpaired) electrons. The average molecular weight is 610 g/mol. The van der Waals surface area contributed by atoms with Crippen LogP contribution in [0.5, 0.6) is 0 Å². The number of nitrogens with one attached hydrogen (secondary N) is 1. The molecule has 1 aliphatic rings. The van der Waals surface area contributed by atoms with Gasteiger partial charge in [-0.05, 0) is 74.1 Å². The molecule has 3 aromatic rings. The number of hydrogen-bond donors (Lipinski definition) is 1. The van der Waals surface area contributed by atoms with Crippen molar-refractivity contribution in [3.63, 3.8) is 0 Å². The number of halogens is 1. The number of aryl methyl sites for hydroxylation is 1. The number of sulfonamides is 1. The van der Waals surface area contributed by atoms with E-state index in [-0.39, 0.29) is 23.4 Å². The summed E-state index contributed by atoms with van der Waals surface area (Å²) in [6, 6.07) is 20.1. The topological polar surface area (TPSA) is 86.8 Å². The monoisotopic (exact) mass is 609 g/mol. The summed E-state index contributed by atoms with van der Waals surface area (Å²) in [5.74, 6) is -0.675. The van der Waals surface area contributed by atoms with Gasteiger partial charge in [0.25, 0.3) is 10.0 Å². The molecule has 1 fully saturated rings. The highest BCUT2D eigenvalue weighted by atomic mass is 35.5. The van der Waals surface area contributed by atoms with Gasteiger partial charge in [0.15, 0.2) is 0 Å². The number of benzene rings is 3. The number of nitrogens with zero attached hydrogens (tertiary/aromatic N) is 2. The van der Waals surface area contributed by atoms with E-state index in [1.54, 1.807) is 43.3 Å². The molecular formula is C33H40ClN3O4S. The lowest BCUT2D eigenvalue weighted by molar-refractivity contribution is -0.140. The third-order valence-corrected chi connectivity index (χ3v) is 10.2. The van der Waals surface area contributed by atoms with Crippen LogP contribution < -0.4 is 9.62 Å². The van der Waals surface area contributed by atoms with Crippen LogP contribution in [0.2, 0.25) is 5.02 Å². The zero-order chi connectivity index (χ0) is 30.3. The van der Waals surface area contributed by atoms with E-state index in [9.17, 15) is 18.0 Å². The minimum absolute atomic E-state index is 0.0599. The van der Waals surface area contributed by atoms with Crippen molar-refractivity contribution in [3.05, 3.63) is 94.5 Å². The summed E-state index contributed by atoms with van der Waals surface area (Å²) >= 11 is 6.42. The molecule has 0 aliphatic heterocycles. The fourth-order valence-corrected chi connectivity index (χ4v) is 7.20. The first-order valence-corrected chi connectivity index (χ1v) is 16.4. The SMILES string of the molecule is CC[C@@H](C(=O)NC1CCCCC1)N(Cc1ccccc1C)C(=O)CN(c1cccc(Cl)c1C)S(=O)(=O)c1ccccc1. The minimum atomic E-state index is -4.15. The van der Waals surface area contributed by atoms with Gasteiger partial charge >= 0.3 is 0 Å². The Balaban J connectivity index is 1.74. The number of carbonyl (C=O) groups excluding carboxylic acids is 2. The molecule has 9 heteroatoms. The second-order valence-corrected chi connectivity index (χ2v) is 13.2. The van der Waals surface area contributed by atoms with Crippen molar-refractivity contribution in [2.45, 2.75) is 82.8 Å². The number of rotatable bonds is 11. The van der Waals surface area contributed by atoms with E-state index in [0.717, 1.165) is 47.5 Å². The Morgan fingerprint density at radius 1 is 0.929 bits per heavy atom. The quantitative estimate of drug-likeness (QED) is 0.272. The van der Waals surface area contributed by atoms with E-state index in [0.29, 0.717) is 22.7 Å². The molecule has 2 amide bonds. The minimum Gasteiger partial charge on any atom is -0.352 e. The predicted molar refractivity (Wildman–Crippen MR) is 168 cm³/mol.